The van der Waals surface area contributed by atoms with Gasteiger partial charge >= 0.3 is 0 Å². The van der Waals surface area contributed by atoms with Gasteiger partial charge in [0.1, 0.15) is 6.10 Å². The van der Waals surface area contributed by atoms with Gasteiger partial charge in [0.25, 0.3) is 0 Å². The Morgan fingerprint density at radius 1 is 1.38 bits per heavy atom. The first-order valence-electron chi connectivity index (χ1n) is 6.48. The van der Waals surface area contributed by atoms with Gasteiger partial charge in [-0.25, -0.2) is 0 Å². The number of ether oxygens (including phenoxy) is 1. The van der Waals surface area contributed by atoms with E-state index in [1.165, 1.54) is 0 Å². The van der Waals surface area contributed by atoms with E-state index in [4.69, 9.17) is 4.74 Å². The van der Waals surface area contributed by atoms with E-state index in [1.807, 2.05) is 0 Å². The standard InChI is InChI=1S/C14H24O2/c1-9(2)6-7-14(5)12(15)11-10(16-11)8-13(14,3)4/h9-11H,6-8H2,1-5H3/t10-,11-,14-/m1/s1. The van der Waals surface area contributed by atoms with Crippen LogP contribution in [0.5, 0.6) is 0 Å². The smallest absolute Gasteiger partial charge is 0.170 e. The second-order valence-electron chi connectivity index (χ2n) is 6.81. The molecule has 0 aromatic carbocycles. The number of carbonyl (C=O) groups is 1. The van der Waals surface area contributed by atoms with Crippen LogP contribution in [0.3, 0.4) is 0 Å². The predicted octanol–water partition coefficient (Wildman–Crippen LogP) is 3.20. The lowest BCUT2D eigenvalue weighted by Gasteiger charge is -2.45. The number of hydrogen-bond donors (Lipinski definition) is 0. The van der Waals surface area contributed by atoms with E-state index >= 15 is 0 Å². The van der Waals surface area contributed by atoms with E-state index in [0.29, 0.717) is 11.7 Å². The Balaban J connectivity index is 2.17. The van der Waals surface area contributed by atoms with Gasteiger partial charge in [-0.05, 0) is 24.2 Å². The summed E-state index contributed by atoms with van der Waals surface area (Å²) < 4.78 is 5.48. The summed E-state index contributed by atoms with van der Waals surface area (Å²) in [6.45, 7) is 11.0. The monoisotopic (exact) mass is 224 g/mol. The molecule has 0 spiro atoms. The van der Waals surface area contributed by atoms with Crippen LogP contribution in [0.25, 0.3) is 0 Å². The van der Waals surface area contributed by atoms with Crippen LogP contribution in [-0.4, -0.2) is 18.0 Å². The predicted molar refractivity (Wildman–Crippen MR) is 64.2 cm³/mol. The fourth-order valence-corrected chi connectivity index (χ4v) is 2.94. The Kier molecular flexibility index (Phi) is 2.69. The molecule has 0 bridgehead atoms. The van der Waals surface area contributed by atoms with Gasteiger partial charge in [-0.2, -0.15) is 0 Å². The molecule has 0 aromatic heterocycles. The minimum Gasteiger partial charge on any atom is -0.361 e. The maximum absolute atomic E-state index is 12.4. The molecule has 2 aliphatic rings. The van der Waals surface area contributed by atoms with E-state index < -0.39 is 0 Å². The van der Waals surface area contributed by atoms with Gasteiger partial charge in [0, 0.05) is 5.41 Å². The lowest BCUT2D eigenvalue weighted by Crippen LogP contribution is -2.49. The molecule has 2 nitrogen and oxygen atoms in total. The average molecular weight is 224 g/mol. The molecule has 2 fully saturated rings. The molecular weight excluding hydrogens is 200 g/mol. The normalized spacial score (nSPS) is 41.0. The highest BCUT2D eigenvalue weighted by atomic mass is 16.6. The van der Waals surface area contributed by atoms with Gasteiger partial charge < -0.3 is 4.74 Å². The fraction of sp³-hybridized carbons (Fsp3) is 0.929. The Morgan fingerprint density at radius 2 is 2.00 bits per heavy atom. The van der Waals surface area contributed by atoms with E-state index in [2.05, 4.69) is 34.6 Å². The van der Waals surface area contributed by atoms with Crippen LogP contribution in [0, 0.1) is 16.7 Å². The number of epoxide rings is 1. The molecule has 0 N–H and O–H groups in total. The van der Waals surface area contributed by atoms with Crippen molar-refractivity contribution < 1.29 is 9.53 Å². The summed E-state index contributed by atoms with van der Waals surface area (Å²) in [4.78, 5) is 12.4. The van der Waals surface area contributed by atoms with Crippen LogP contribution in [-0.2, 0) is 9.53 Å². The summed E-state index contributed by atoms with van der Waals surface area (Å²) in [7, 11) is 0. The Hall–Kier alpha value is -0.370. The number of fused-ring (bicyclic) bond motifs is 1. The zero-order chi connectivity index (χ0) is 12.1. The first-order chi connectivity index (χ1) is 7.28. The number of ketones is 1. The van der Waals surface area contributed by atoms with E-state index in [0.717, 1.165) is 19.3 Å². The van der Waals surface area contributed by atoms with Gasteiger partial charge in [0.05, 0.1) is 6.10 Å². The number of Topliss-reactive ketones (excluding diaryl/α,β-unsaturated/α-hetero) is 1. The molecule has 3 atom stereocenters. The summed E-state index contributed by atoms with van der Waals surface area (Å²) in [5.41, 5.74) is -0.106. The zero-order valence-electron chi connectivity index (χ0n) is 11.2. The van der Waals surface area contributed by atoms with E-state index in [1.54, 1.807) is 0 Å². The molecular formula is C14H24O2. The molecule has 1 aliphatic heterocycles. The molecule has 0 amide bonds. The van der Waals surface area contributed by atoms with Gasteiger partial charge in [0.15, 0.2) is 5.78 Å². The summed E-state index contributed by atoms with van der Waals surface area (Å²) >= 11 is 0. The van der Waals surface area contributed by atoms with Crippen molar-refractivity contribution >= 4 is 5.78 Å². The quantitative estimate of drug-likeness (QED) is 0.689. The molecule has 2 rings (SSSR count). The lowest BCUT2D eigenvalue weighted by molar-refractivity contribution is -0.138. The Bertz CT molecular complexity index is 306. The van der Waals surface area contributed by atoms with Crippen molar-refractivity contribution in [2.75, 3.05) is 0 Å². The molecule has 1 saturated carbocycles. The van der Waals surface area contributed by atoms with Crippen LogP contribution in [0.4, 0.5) is 0 Å². The van der Waals surface area contributed by atoms with Crippen LogP contribution < -0.4 is 0 Å². The molecule has 0 aromatic rings. The third-order valence-corrected chi connectivity index (χ3v) is 4.81. The lowest BCUT2D eigenvalue weighted by atomic mass is 9.56. The van der Waals surface area contributed by atoms with Crippen molar-refractivity contribution in [3.8, 4) is 0 Å². The first-order valence-corrected chi connectivity index (χ1v) is 6.48. The van der Waals surface area contributed by atoms with E-state index in [-0.39, 0.29) is 23.0 Å². The SMILES string of the molecule is CC(C)CC[C@]1(C)C(=O)[C@@H]2O[C@@H]2CC1(C)C. The van der Waals surface area contributed by atoms with Crippen LogP contribution in [0.1, 0.15) is 53.9 Å². The molecule has 0 unspecified atom stereocenters. The zero-order valence-corrected chi connectivity index (χ0v) is 11.2. The van der Waals surface area contributed by atoms with Crippen molar-refractivity contribution in [2.45, 2.75) is 66.1 Å². The van der Waals surface area contributed by atoms with Gasteiger partial charge in [0.2, 0.25) is 0 Å². The average Bonchev–Trinajstić information content (AvgIpc) is 2.89. The topological polar surface area (TPSA) is 29.6 Å². The summed E-state index contributed by atoms with van der Waals surface area (Å²) in [5.74, 6) is 1.02. The minimum absolute atomic E-state index is 0.0646. The highest BCUT2D eigenvalue weighted by molar-refractivity contribution is 5.92. The second-order valence-corrected chi connectivity index (χ2v) is 6.81. The summed E-state index contributed by atoms with van der Waals surface area (Å²) in [6, 6.07) is 0. The minimum atomic E-state index is -0.186. The van der Waals surface area contributed by atoms with Crippen molar-refractivity contribution in [3.05, 3.63) is 0 Å². The molecule has 16 heavy (non-hydrogen) atoms. The van der Waals surface area contributed by atoms with Gasteiger partial charge in [-0.3, -0.25) is 4.79 Å². The highest BCUT2D eigenvalue weighted by Gasteiger charge is 2.62. The summed E-state index contributed by atoms with van der Waals surface area (Å²) in [5, 5.41) is 0. The van der Waals surface area contributed by atoms with Crippen molar-refractivity contribution in [1.29, 1.82) is 0 Å². The maximum Gasteiger partial charge on any atom is 0.170 e. The number of rotatable bonds is 3. The van der Waals surface area contributed by atoms with Crippen molar-refractivity contribution in [2.24, 2.45) is 16.7 Å². The fourth-order valence-electron chi connectivity index (χ4n) is 2.94. The second kappa shape index (κ2) is 3.56. The molecule has 1 heterocycles. The molecule has 92 valence electrons. The van der Waals surface area contributed by atoms with Crippen molar-refractivity contribution in [1.82, 2.24) is 0 Å². The van der Waals surface area contributed by atoms with Crippen LogP contribution in [0.2, 0.25) is 0 Å². The van der Waals surface area contributed by atoms with Crippen molar-refractivity contribution in [3.63, 3.8) is 0 Å². The first kappa shape index (κ1) is 12.1. The Labute approximate surface area is 98.7 Å². The third-order valence-electron chi connectivity index (χ3n) is 4.81. The van der Waals surface area contributed by atoms with Gasteiger partial charge in [-0.1, -0.05) is 41.0 Å². The van der Waals surface area contributed by atoms with Gasteiger partial charge in [-0.15, -0.1) is 0 Å². The van der Waals surface area contributed by atoms with Crippen LogP contribution in [0.15, 0.2) is 0 Å². The highest BCUT2D eigenvalue weighted by Crippen LogP contribution is 2.56. The molecule has 0 radical (unpaired) electrons. The third kappa shape index (κ3) is 1.71. The maximum atomic E-state index is 12.4. The number of carbonyl (C=O) groups excluding carboxylic acids is 1. The molecule has 1 aliphatic carbocycles. The van der Waals surface area contributed by atoms with E-state index in [9.17, 15) is 4.79 Å². The molecule has 2 heteroatoms. The summed E-state index contributed by atoms with van der Waals surface area (Å²) in [6.07, 6.45) is 3.34. The molecule has 1 saturated heterocycles. The van der Waals surface area contributed by atoms with Crippen LogP contribution >= 0.6 is 0 Å². The number of hydrogen-bond acceptors (Lipinski definition) is 2. The largest absolute Gasteiger partial charge is 0.361 e. The Morgan fingerprint density at radius 3 is 2.56 bits per heavy atom.